The van der Waals surface area contributed by atoms with Crippen molar-refractivity contribution in [3.8, 4) is 11.5 Å². The van der Waals surface area contributed by atoms with Gasteiger partial charge < -0.3 is 24.7 Å². The van der Waals surface area contributed by atoms with Crippen molar-refractivity contribution < 1.29 is 24.7 Å². The monoisotopic (exact) mass is 269 g/mol. The number of nitrogens with two attached hydrogens (primary N) is 1. The molecule has 1 aliphatic heterocycles. The summed E-state index contributed by atoms with van der Waals surface area (Å²) in [6, 6.07) is 5.15. The van der Waals surface area contributed by atoms with E-state index in [0.29, 0.717) is 17.3 Å². The Kier molecular flexibility index (Phi) is 3.98. The number of rotatable bonds is 4. The first-order valence-corrected chi connectivity index (χ1v) is 6.60. The summed E-state index contributed by atoms with van der Waals surface area (Å²) in [6.45, 7) is 0. The van der Waals surface area contributed by atoms with E-state index in [9.17, 15) is 9.90 Å². The minimum Gasteiger partial charge on any atom is -0.544 e. The Balaban J connectivity index is 2.17. The van der Waals surface area contributed by atoms with Gasteiger partial charge in [-0.1, -0.05) is 11.8 Å². The van der Waals surface area contributed by atoms with Crippen LogP contribution in [0.5, 0.6) is 11.5 Å². The number of carbonyl (C=O) groups is 1. The number of thioether (sulfide) groups is 1. The first kappa shape index (κ1) is 13.0. The number of benzene rings is 1. The average Bonchev–Trinajstić information content (AvgIpc) is 2.87. The number of carbonyl (C=O) groups excluding carboxylic acids is 1. The molecule has 1 aromatic carbocycles. The van der Waals surface area contributed by atoms with E-state index in [1.807, 2.05) is 18.2 Å². The lowest BCUT2D eigenvalue weighted by atomic mass is 10.2. The highest BCUT2D eigenvalue weighted by Gasteiger charge is 2.31. The van der Waals surface area contributed by atoms with Gasteiger partial charge in [0.2, 0.25) is 0 Å². The Morgan fingerprint density at radius 1 is 1.39 bits per heavy atom. The van der Waals surface area contributed by atoms with E-state index in [4.69, 9.17) is 9.47 Å². The van der Waals surface area contributed by atoms with Gasteiger partial charge in [-0.2, -0.15) is 0 Å². The molecule has 1 fully saturated rings. The van der Waals surface area contributed by atoms with E-state index in [1.165, 1.54) is 0 Å². The second-order valence-electron chi connectivity index (χ2n) is 3.99. The molecule has 1 aliphatic rings. The molecule has 0 radical (unpaired) electrons. The topological polar surface area (TPSA) is 75.2 Å². The van der Waals surface area contributed by atoms with Crippen LogP contribution in [-0.4, -0.2) is 32.0 Å². The third-order valence-corrected chi connectivity index (χ3v) is 4.24. The van der Waals surface area contributed by atoms with Gasteiger partial charge in [0.05, 0.1) is 20.0 Å². The molecule has 1 saturated heterocycles. The standard InChI is InChI=1S/C12H15NO4S/c1-16-9-4-3-7(5-10(9)17-2)11-13-8(6-18-11)12(14)15/h3-5,8,11,13H,6H2,1-2H3,(H,14,15)/t8-,11-/m0/s1. The number of quaternary nitrogens is 1. The molecule has 18 heavy (non-hydrogen) atoms. The normalized spacial score (nSPS) is 22.8. The second-order valence-corrected chi connectivity index (χ2v) is 5.16. The van der Waals surface area contributed by atoms with Crippen LogP contribution in [-0.2, 0) is 4.79 Å². The molecule has 2 atom stereocenters. The van der Waals surface area contributed by atoms with Gasteiger partial charge in [0.25, 0.3) is 0 Å². The Hall–Kier alpha value is -1.40. The van der Waals surface area contributed by atoms with Crippen LogP contribution < -0.4 is 19.9 Å². The lowest BCUT2D eigenvalue weighted by Crippen LogP contribution is -2.90. The van der Waals surface area contributed by atoms with Crippen LogP contribution in [0.25, 0.3) is 0 Å². The van der Waals surface area contributed by atoms with Crippen LogP contribution in [0.15, 0.2) is 18.2 Å². The number of ether oxygens (including phenoxy) is 2. The van der Waals surface area contributed by atoms with Gasteiger partial charge in [-0.25, -0.2) is 0 Å². The molecule has 5 nitrogen and oxygen atoms in total. The molecule has 0 aromatic heterocycles. The Labute approximate surface area is 109 Å². The predicted molar refractivity (Wildman–Crippen MR) is 65.5 cm³/mol. The summed E-state index contributed by atoms with van der Waals surface area (Å²) in [4.78, 5) is 10.8. The van der Waals surface area contributed by atoms with Crippen molar-refractivity contribution in [2.75, 3.05) is 20.0 Å². The fraction of sp³-hybridized carbons (Fsp3) is 0.417. The highest BCUT2D eigenvalue weighted by Crippen LogP contribution is 2.33. The number of carboxylic acids is 1. The molecular formula is C12H15NO4S. The number of hydrogen-bond donors (Lipinski definition) is 1. The predicted octanol–water partition coefficient (Wildman–Crippen LogP) is -0.869. The largest absolute Gasteiger partial charge is 0.544 e. The first-order chi connectivity index (χ1) is 8.65. The molecule has 1 heterocycles. The molecule has 0 bridgehead atoms. The van der Waals surface area contributed by atoms with Gasteiger partial charge in [-0.3, -0.25) is 0 Å². The van der Waals surface area contributed by atoms with E-state index < -0.39 is 12.0 Å². The zero-order valence-electron chi connectivity index (χ0n) is 10.2. The fourth-order valence-corrected chi connectivity index (χ4v) is 3.21. The summed E-state index contributed by atoms with van der Waals surface area (Å²) in [5.41, 5.74) is 1.02. The van der Waals surface area contributed by atoms with E-state index in [2.05, 4.69) is 0 Å². The maximum Gasteiger partial charge on any atom is 0.161 e. The lowest BCUT2D eigenvalue weighted by Gasteiger charge is -2.13. The fourth-order valence-electron chi connectivity index (χ4n) is 1.91. The quantitative estimate of drug-likeness (QED) is 0.769. The second kappa shape index (κ2) is 5.49. The summed E-state index contributed by atoms with van der Waals surface area (Å²) in [7, 11) is 3.16. The van der Waals surface area contributed by atoms with Crippen molar-refractivity contribution in [2.24, 2.45) is 0 Å². The van der Waals surface area contributed by atoms with Crippen LogP contribution in [0.1, 0.15) is 10.9 Å². The van der Waals surface area contributed by atoms with E-state index >= 15 is 0 Å². The van der Waals surface area contributed by atoms with Crippen molar-refractivity contribution in [3.63, 3.8) is 0 Å². The van der Waals surface area contributed by atoms with Crippen molar-refractivity contribution in [1.29, 1.82) is 0 Å². The zero-order valence-corrected chi connectivity index (χ0v) is 11.0. The Morgan fingerprint density at radius 3 is 2.67 bits per heavy atom. The third kappa shape index (κ3) is 2.54. The van der Waals surface area contributed by atoms with E-state index in [1.54, 1.807) is 31.3 Å². The van der Waals surface area contributed by atoms with Gasteiger partial charge in [0, 0.05) is 5.56 Å². The molecule has 0 saturated carbocycles. The molecule has 98 valence electrons. The molecule has 2 rings (SSSR count). The molecule has 1 aromatic rings. The molecule has 0 unspecified atom stereocenters. The summed E-state index contributed by atoms with van der Waals surface area (Å²) < 4.78 is 10.4. The van der Waals surface area contributed by atoms with Gasteiger partial charge in [0.1, 0.15) is 12.0 Å². The number of hydrogen-bond acceptors (Lipinski definition) is 5. The van der Waals surface area contributed by atoms with Crippen molar-refractivity contribution >= 4 is 17.7 Å². The van der Waals surface area contributed by atoms with Crippen LogP contribution in [0.2, 0.25) is 0 Å². The maximum atomic E-state index is 10.8. The smallest absolute Gasteiger partial charge is 0.161 e. The number of carboxylic acid groups (broad SMARTS) is 1. The SMILES string of the molecule is COc1ccc([C@H]2[NH2+][C@H](C(=O)[O-])CS2)cc1OC. The number of aliphatic carboxylic acids is 1. The average molecular weight is 269 g/mol. The number of methoxy groups -OCH3 is 2. The summed E-state index contributed by atoms with van der Waals surface area (Å²) in [5, 5.41) is 12.7. The van der Waals surface area contributed by atoms with Crippen molar-refractivity contribution in [1.82, 2.24) is 0 Å². The highest BCUT2D eigenvalue weighted by atomic mass is 32.2. The third-order valence-electron chi connectivity index (χ3n) is 2.90. The summed E-state index contributed by atoms with van der Waals surface area (Å²) in [6.07, 6.45) is 0. The molecule has 0 amide bonds. The zero-order chi connectivity index (χ0) is 13.1. The van der Waals surface area contributed by atoms with Crippen LogP contribution in [0.4, 0.5) is 0 Å². The van der Waals surface area contributed by atoms with E-state index in [0.717, 1.165) is 5.56 Å². The molecule has 0 spiro atoms. The molecule has 0 aliphatic carbocycles. The first-order valence-electron chi connectivity index (χ1n) is 5.55. The van der Waals surface area contributed by atoms with Crippen LogP contribution in [0.3, 0.4) is 0 Å². The minimum atomic E-state index is -1.01. The lowest BCUT2D eigenvalue weighted by molar-refractivity contribution is -0.690. The maximum absolute atomic E-state index is 10.8. The Morgan fingerprint density at radius 2 is 2.11 bits per heavy atom. The molecular weight excluding hydrogens is 254 g/mol. The van der Waals surface area contributed by atoms with Crippen molar-refractivity contribution in [2.45, 2.75) is 11.4 Å². The highest BCUT2D eigenvalue weighted by molar-refractivity contribution is 7.99. The minimum absolute atomic E-state index is 0.0627. The van der Waals surface area contributed by atoms with E-state index in [-0.39, 0.29) is 5.37 Å². The summed E-state index contributed by atoms with van der Waals surface area (Å²) in [5.74, 6) is 0.869. The van der Waals surface area contributed by atoms with Gasteiger partial charge in [-0.05, 0) is 18.2 Å². The van der Waals surface area contributed by atoms with Gasteiger partial charge in [0.15, 0.2) is 16.9 Å². The van der Waals surface area contributed by atoms with Gasteiger partial charge >= 0.3 is 0 Å². The van der Waals surface area contributed by atoms with Crippen molar-refractivity contribution in [3.05, 3.63) is 23.8 Å². The summed E-state index contributed by atoms with van der Waals surface area (Å²) >= 11 is 1.59. The van der Waals surface area contributed by atoms with Crippen LogP contribution in [0, 0.1) is 0 Å². The Bertz CT molecular complexity index is 452. The molecule has 6 heteroatoms. The van der Waals surface area contributed by atoms with Crippen LogP contribution >= 0.6 is 11.8 Å². The van der Waals surface area contributed by atoms with Gasteiger partial charge in [-0.15, -0.1) is 0 Å². The molecule has 2 N–H and O–H groups in total.